The molecular formula is C9H13N4+. The first-order valence-electron chi connectivity index (χ1n) is 3.84. The summed E-state index contributed by atoms with van der Waals surface area (Å²) in [6.45, 7) is 3.80. The molecule has 0 atom stereocenters. The molecule has 0 heterocycles. The minimum Gasteiger partial charge on any atom is -0.289 e. The van der Waals surface area contributed by atoms with Crippen molar-refractivity contribution < 1.29 is 5.10 Å². The molecule has 6 N–H and O–H groups in total. The van der Waals surface area contributed by atoms with Crippen molar-refractivity contribution in [3.8, 4) is 0 Å². The van der Waals surface area contributed by atoms with E-state index in [4.69, 9.17) is 11.5 Å². The molecule has 1 rings (SSSR count). The van der Waals surface area contributed by atoms with Gasteiger partial charge < -0.3 is 0 Å². The van der Waals surface area contributed by atoms with Gasteiger partial charge in [0.1, 0.15) is 0 Å². The summed E-state index contributed by atoms with van der Waals surface area (Å²) in [6.07, 6.45) is 0. The van der Waals surface area contributed by atoms with Gasteiger partial charge in [0.25, 0.3) is 0 Å². The van der Waals surface area contributed by atoms with Gasteiger partial charge in [-0.15, -0.1) is 0 Å². The Morgan fingerprint density at radius 1 is 1.23 bits per heavy atom. The first-order valence-corrected chi connectivity index (χ1v) is 3.84. The maximum Gasteiger partial charge on any atom is 0.360 e. The standard InChI is InChI=1S/C9H12N4/c1-7(12-13-9(10)11)8-5-3-2-4-6-8/h2-6,12H,1H2,(H4,10,11,13)/p+1. The predicted molar refractivity (Wildman–Crippen MR) is 53.0 cm³/mol. The van der Waals surface area contributed by atoms with Gasteiger partial charge >= 0.3 is 5.96 Å². The molecule has 0 radical (unpaired) electrons. The number of benzene rings is 1. The monoisotopic (exact) mass is 177 g/mol. The molecular weight excluding hydrogens is 164 g/mol. The van der Waals surface area contributed by atoms with Gasteiger partial charge in [0, 0.05) is 5.56 Å². The third-order valence-electron chi connectivity index (χ3n) is 1.48. The molecule has 0 aliphatic carbocycles. The molecule has 0 aliphatic heterocycles. The number of guanidine groups is 1. The van der Waals surface area contributed by atoms with Crippen LogP contribution in [0.5, 0.6) is 0 Å². The fourth-order valence-electron chi connectivity index (χ4n) is 0.859. The van der Waals surface area contributed by atoms with E-state index in [0.717, 1.165) is 5.56 Å². The van der Waals surface area contributed by atoms with Crippen LogP contribution < -0.4 is 22.0 Å². The molecule has 0 saturated heterocycles. The number of rotatable bonds is 3. The van der Waals surface area contributed by atoms with Crippen LogP contribution >= 0.6 is 0 Å². The first-order chi connectivity index (χ1) is 6.20. The lowest BCUT2D eigenvalue weighted by atomic mass is 10.2. The van der Waals surface area contributed by atoms with Crippen LogP contribution in [0.2, 0.25) is 0 Å². The normalized spacial score (nSPS) is 8.92. The van der Waals surface area contributed by atoms with Crippen LogP contribution in [0, 0.1) is 0 Å². The second-order valence-electron chi connectivity index (χ2n) is 2.55. The maximum absolute atomic E-state index is 5.20. The van der Waals surface area contributed by atoms with E-state index in [-0.39, 0.29) is 5.96 Å². The minimum atomic E-state index is 0.108. The Balaban J connectivity index is 2.65. The van der Waals surface area contributed by atoms with Gasteiger partial charge in [0.05, 0.1) is 5.70 Å². The van der Waals surface area contributed by atoms with Gasteiger partial charge in [-0.05, 0) is 0 Å². The van der Waals surface area contributed by atoms with Gasteiger partial charge in [-0.1, -0.05) is 36.9 Å². The van der Waals surface area contributed by atoms with Crippen LogP contribution in [0.1, 0.15) is 5.56 Å². The summed E-state index contributed by atoms with van der Waals surface area (Å²) < 4.78 is 0. The number of nitrogens with two attached hydrogens (primary N) is 2. The molecule has 0 bridgehead atoms. The highest BCUT2D eigenvalue weighted by Crippen LogP contribution is 2.05. The number of nitrogens with one attached hydrogen (secondary N) is 2. The summed E-state index contributed by atoms with van der Waals surface area (Å²) in [5.74, 6) is 0.108. The molecule has 0 saturated carbocycles. The maximum atomic E-state index is 5.20. The van der Waals surface area contributed by atoms with Gasteiger partial charge in [0.15, 0.2) is 0 Å². The van der Waals surface area contributed by atoms with Gasteiger partial charge in [-0.3, -0.25) is 16.9 Å². The Bertz CT molecular complexity index is 312. The Morgan fingerprint density at radius 3 is 2.38 bits per heavy atom. The topological polar surface area (TPSA) is 78.0 Å². The SMILES string of the molecule is C=C(N[NH+]=C(N)N)c1ccccc1. The predicted octanol–water partition coefficient (Wildman–Crippen LogP) is -1.48. The molecule has 0 amide bonds. The van der Waals surface area contributed by atoms with E-state index in [0.29, 0.717) is 5.70 Å². The lowest BCUT2D eigenvalue weighted by molar-refractivity contribution is -0.511. The molecule has 0 fully saturated rings. The lowest BCUT2D eigenvalue weighted by Gasteiger charge is -2.02. The van der Waals surface area contributed by atoms with Crippen LogP contribution in [0.3, 0.4) is 0 Å². The summed E-state index contributed by atoms with van der Waals surface area (Å²) in [4.78, 5) is 0. The molecule has 4 nitrogen and oxygen atoms in total. The van der Waals surface area contributed by atoms with Gasteiger partial charge in [-0.25, -0.2) is 0 Å². The lowest BCUT2D eigenvalue weighted by Crippen LogP contribution is -2.85. The zero-order valence-electron chi connectivity index (χ0n) is 7.25. The van der Waals surface area contributed by atoms with E-state index in [1.165, 1.54) is 0 Å². The molecule has 68 valence electrons. The van der Waals surface area contributed by atoms with Crippen molar-refractivity contribution in [2.45, 2.75) is 0 Å². The molecule has 0 unspecified atom stereocenters. The van der Waals surface area contributed by atoms with E-state index >= 15 is 0 Å². The van der Waals surface area contributed by atoms with Crippen molar-refractivity contribution in [1.82, 2.24) is 5.43 Å². The summed E-state index contributed by atoms with van der Waals surface area (Å²) >= 11 is 0. The van der Waals surface area contributed by atoms with Crippen molar-refractivity contribution in [1.29, 1.82) is 0 Å². The highest BCUT2D eigenvalue weighted by Gasteiger charge is 1.95. The summed E-state index contributed by atoms with van der Waals surface area (Å²) in [5, 5.41) is 2.57. The Morgan fingerprint density at radius 2 is 1.85 bits per heavy atom. The quantitative estimate of drug-likeness (QED) is 0.258. The number of hydrazone groups is 1. The molecule has 0 aliphatic rings. The second-order valence-corrected chi connectivity index (χ2v) is 2.55. The third kappa shape index (κ3) is 2.86. The first kappa shape index (κ1) is 9.12. The average Bonchev–Trinajstić information content (AvgIpc) is 2.15. The van der Waals surface area contributed by atoms with Crippen molar-refractivity contribution in [3.05, 3.63) is 42.5 Å². The van der Waals surface area contributed by atoms with E-state index in [1.807, 2.05) is 30.3 Å². The molecule has 0 aromatic heterocycles. The zero-order chi connectivity index (χ0) is 9.68. The van der Waals surface area contributed by atoms with Crippen LogP contribution in [0.4, 0.5) is 0 Å². The number of hydrogen-bond acceptors (Lipinski definition) is 1. The van der Waals surface area contributed by atoms with Crippen molar-refractivity contribution in [3.63, 3.8) is 0 Å². The Labute approximate surface area is 76.9 Å². The fourth-order valence-corrected chi connectivity index (χ4v) is 0.859. The molecule has 4 heteroatoms. The van der Waals surface area contributed by atoms with Gasteiger partial charge in [-0.2, -0.15) is 5.10 Å². The second kappa shape index (κ2) is 4.15. The van der Waals surface area contributed by atoms with Crippen LogP contribution in [0.25, 0.3) is 5.70 Å². The largest absolute Gasteiger partial charge is 0.360 e. The van der Waals surface area contributed by atoms with Gasteiger partial charge in [0.2, 0.25) is 0 Å². The Kier molecular flexibility index (Phi) is 2.92. The number of hydrazine groups is 1. The third-order valence-corrected chi connectivity index (χ3v) is 1.48. The van der Waals surface area contributed by atoms with Crippen LogP contribution in [0.15, 0.2) is 36.9 Å². The zero-order valence-corrected chi connectivity index (χ0v) is 7.25. The van der Waals surface area contributed by atoms with Crippen molar-refractivity contribution >= 4 is 11.7 Å². The summed E-state index contributed by atoms with van der Waals surface area (Å²) in [7, 11) is 0. The highest BCUT2D eigenvalue weighted by molar-refractivity contribution is 5.69. The molecule has 13 heavy (non-hydrogen) atoms. The summed E-state index contributed by atoms with van der Waals surface area (Å²) in [6, 6.07) is 9.66. The van der Waals surface area contributed by atoms with Crippen LogP contribution in [-0.2, 0) is 0 Å². The number of hydrogen-bond donors (Lipinski definition) is 4. The van der Waals surface area contributed by atoms with Crippen molar-refractivity contribution in [2.24, 2.45) is 11.5 Å². The van der Waals surface area contributed by atoms with E-state index in [9.17, 15) is 0 Å². The molecule has 0 spiro atoms. The smallest absolute Gasteiger partial charge is 0.289 e. The Hall–Kier alpha value is -1.97. The van der Waals surface area contributed by atoms with E-state index in [1.54, 1.807) is 0 Å². The fraction of sp³-hybridized carbons (Fsp3) is 0. The van der Waals surface area contributed by atoms with Crippen molar-refractivity contribution in [2.75, 3.05) is 0 Å². The highest BCUT2D eigenvalue weighted by atomic mass is 15.3. The minimum absolute atomic E-state index is 0.108. The van der Waals surface area contributed by atoms with Crippen LogP contribution in [-0.4, -0.2) is 5.96 Å². The summed E-state index contributed by atoms with van der Waals surface area (Å²) in [5.41, 5.74) is 14.9. The van der Waals surface area contributed by atoms with E-state index in [2.05, 4.69) is 17.1 Å². The van der Waals surface area contributed by atoms with E-state index < -0.39 is 0 Å². The molecule has 1 aromatic carbocycles. The average molecular weight is 177 g/mol. The molecule has 1 aromatic rings.